The van der Waals surface area contributed by atoms with Crippen LogP contribution in [0.1, 0.15) is 13.3 Å². The van der Waals surface area contributed by atoms with Gasteiger partial charge in [-0.15, -0.1) is 0 Å². The van der Waals surface area contributed by atoms with Crippen molar-refractivity contribution in [1.29, 1.82) is 0 Å². The predicted octanol–water partition coefficient (Wildman–Crippen LogP) is 4.60. The SMILES string of the molecule is CCCn1c(-c2ccc(Br)cc2N)nc2ccc(F)cc21. The molecule has 0 fully saturated rings. The molecule has 2 N–H and O–H groups in total. The molecule has 3 aromatic rings. The molecule has 0 aliphatic rings. The molecule has 0 atom stereocenters. The van der Waals surface area contributed by atoms with E-state index in [4.69, 9.17) is 5.73 Å². The highest BCUT2D eigenvalue weighted by molar-refractivity contribution is 9.10. The van der Waals surface area contributed by atoms with E-state index in [9.17, 15) is 4.39 Å². The zero-order valence-electron chi connectivity index (χ0n) is 11.6. The fraction of sp³-hybridized carbons (Fsp3) is 0.188. The smallest absolute Gasteiger partial charge is 0.143 e. The summed E-state index contributed by atoms with van der Waals surface area (Å²) in [5.74, 6) is 0.525. The molecule has 0 saturated heterocycles. The van der Waals surface area contributed by atoms with Crippen LogP contribution in [0.5, 0.6) is 0 Å². The van der Waals surface area contributed by atoms with Gasteiger partial charge in [0.1, 0.15) is 11.6 Å². The molecule has 0 radical (unpaired) electrons. The molecule has 0 amide bonds. The fourth-order valence-corrected chi connectivity index (χ4v) is 2.87. The first-order valence-electron chi connectivity index (χ1n) is 6.81. The molecule has 3 rings (SSSR count). The van der Waals surface area contributed by atoms with Crippen LogP contribution < -0.4 is 5.73 Å². The van der Waals surface area contributed by atoms with Crippen LogP contribution in [0.25, 0.3) is 22.4 Å². The maximum atomic E-state index is 13.5. The lowest BCUT2D eigenvalue weighted by atomic mass is 10.1. The predicted molar refractivity (Wildman–Crippen MR) is 87.5 cm³/mol. The molecule has 0 aliphatic carbocycles. The number of aryl methyl sites for hydroxylation is 1. The fourth-order valence-electron chi connectivity index (χ4n) is 2.49. The second kappa shape index (κ2) is 5.48. The van der Waals surface area contributed by atoms with Gasteiger partial charge in [0.25, 0.3) is 0 Å². The lowest BCUT2D eigenvalue weighted by molar-refractivity contribution is 0.627. The van der Waals surface area contributed by atoms with Crippen molar-refractivity contribution in [3.63, 3.8) is 0 Å². The number of nitrogens with two attached hydrogens (primary N) is 1. The van der Waals surface area contributed by atoms with Crippen molar-refractivity contribution in [3.8, 4) is 11.4 Å². The van der Waals surface area contributed by atoms with Crippen LogP contribution in [-0.4, -0.2) is 9.55 Å². The van der Waals surface area contributed by atoms with Crippen LogP contribution in [0.2, 0.25) is 0 Å². The number of hydrogen-bond acceptors (Lipinski definition) is 2. The van der Waals surface area contributed by atoms with E-state index in [0.717, 1.165) is 39.9 Å². The van der Waals surface area contributed by atoms with E-state index in [0.29, 0.717) is 5.69 Å². The highest BCUT2D eigenvalue weighted by atomic mass is 79.9. The van der Waals surface area contributed by atoms with Crippen molar-refractivity contribution < 1.29 is 4.39 Å². The molecule has 5 heteroatoms. The summed E-state index contributed by atoms with van der Waals surface area (Å²) < 4.78 is 16.5. The first-order chi connectivity index (χ1) is 10.1. The van der Waals surface area contributed by atoms with Crippen molar-refractivity contribution in [1.82, 2.24) is 9.55 Å². The molecule has 1 heterocycles. The summed E-state index contributed by atoms with van der Waals surface area (Å²) in [4.78, 5) is 4.63. The third-order valence-electron chi connectivity index (χ3n) is 3.41. The van der Waals surface area contributed by atoms with Crippen molar-refractivity contribution in [2.45, 2.75) is 19.9 Å². The zero-order valence-corrected chi connectivity index (χ0v) is 13.2. The summed E-state index contributed by atoms with van der Waals surface area (Å²) in [5.41, 5.74) is 9.21. The third-order valence-corrected chi connectivity index (χ3v) is 3.91. The number of anilines is 1. The highest BCUT2D eigenvalue weighted by Gasteiger charge is 2.15. The van der Waals surface area contributed by atoms with E-state index in [1.54, 1.807) is 6.07 Å². The summed E-state index contributed by atoms with van der Waals surface area (Å²) >= 11 is 3.41. The first-order valence-corrected chi connectivity index (χ1v) is 7.60. The zero-order chi connectivity index (χ0) is 15.0. The Labute approximate surface area is 130 Å². The maximum absolute atomic E-state index is 13.5. The summed E-state index contributed by atoms with van der Waals surface area (Å²) in [6, 6.07) is 10.4. The number of nitrogens with zero attached hydrogens (tertiary/aromatic N) is 2. The Kier molecular flexibility index (Phi) is 3.68. The monoisotopic (exact) mass is 347 g/mol. The van der Waals surface area contributed by atoms with E-state index < -0.39 is 0 Å². The Morgan fingerprint density at radius 3 is 2.76 bits per heavy atom. The summed E-state index contributed by atoms with van der Waals surface area (Å²) in [7, 11) is 0. The lowest BCUT2D eigenvalue weighted by Gasteiger charge is -2.10. The van der Waals surface area contributed by atoms with E-state index in [2.05, 4.69) is 27.8 Å². The molecular formula is C16H15BrFN3. The molecule has 108 valence electrons. The van der Waals surface area contributed by atoms with E-state index in [-0.39, 0.29) is 5.82 Å². The molecule has 0 unspecified atom stereocenters. The van der Waals surface area contributed by atoms with Gasteiger partial charge >= 0.3 is 0 Å². The van der Waals surface area contributed by atoms with Crippen molar-refractivity contribution in [2.24, 2.45) is 0 Å². The molecule has 1 aromatic heterocycles. The Morgan fingerprint density at radius 2 is 2.05 bits per heavy atom. The van der Waals surface area contributed by atoms with Crippen LogP contribution in [0.3, 0.4) is 0 Å². The number of hydrogen-bond donors (Lipinski definition) is 1. The van der Waals surface area contributed by atoms with Gasteiger partial charge in [-0.2, -0.15) is 0 Å². The maximum Gasteiger partial charge on any atom is 0.143 e. The second-order valence-electron chi connectivity index (χ2n) is 4.95. The third kappa shape index (κ3) is 2.53. The summed E-state index contributed by atoms with van der Waals surface area (Å²) in [5, 5.41) is 0. The molecule has 3 nitrogen and oxygen atoms in total. The van der Waals surface area contributed by atoms with Gasteiger partial charge in [0, 0.05) is 22.3 Å². The van der Waals surface area contributed by atoms with Crippen LogP contribution in [0.15, 0.2) is 40.9 Å². The van der Waals surface area contributed by atoms with Crippen LogP contribution in [0, 0.1) is 5.82 Å². The number of benzene rings is 2. The second-order valence-corrected chi connectivity index (χ2v) is 5.87. The molecule has 2 aromatic carbocycles. The van der Waals surface area contributed by atoms with Crippen molar-refractivity contribution in [3.05, 3.63) is 46.7 Å². The van der Waals surface area contributed by atoms with E-state index in [1.165, 1.54) is 12.1 Å². The molecule has 0 saturated carbocycles. The van der Waals surface area contributed by atoms with E-state index >= 15 is 0 Å². The summed E-state index contributed by atoms with van der Waals surface area (Å²) in [6.07, 6.45) is 0.936. The normalized spacial score (nSPS) is 11.2. The Morgan fingerprint density at radius 1 is 1.24 bits per heavy atom. The highest BCUT2D eigenvalue weighted by Crippen LogP contribution is 2.31. The standard InChI is InChI=1S/C16H15BrFN3/c1-2-7-21-15-9-11(18)4-6-14(15)20-16(21)12-5-3-10(17)8-13(12)19/h3-6,8-9H,2,7,19H2,1H3. The van der Waals surface area contributed by atoms with Gasteiger partial charge < -0.3 is 10.3 Å². The van der Waals surface area contributed by atoms with Crippen LogP contribution >= 0.6 is 15.9 Å². The van der Waals surface area contributed by atoms with Crippen molar-refractivity contribution >= 4 is 32.7 Å². The number of aromatic nitrogens is 2. The topological polar surface area (TPSA) is 43.8 Å². The summed E-state index contributed by atoms with van der Waals surface area (Å²) in [6.45, 7) is 2.85. The number of imidazole rings is 1. The van der Waals surface area contributed by atoms with Gasteiger partial charge in [-0.05, 0) is 42.8 Å². The largest absolute Gasteiger partial charge is 0.398 e. The lowest BCUT2D eigenvalue weighted by Crippen LogP contribution is -2.02. The minimum Gasteiger partial charge on any atom is -0.398 e. The average Bonchev–Trinajstić information content (AvgIpc) is 2.78. The van der Waals surface area contributed by atoms with Gasteiger partial charge in [0.05, 0.1) is 11.0 Å². The Bertz CT molecular complexity index is 811. The van der Waals surface area contributed by atoms with Crippen molar-refractivity contribution in [2.75, 3.05) is 5.73 Å². The molecule has 0 spiro atoms. The molecule has 0 aliphatic heterocycles. The van der Waals surface area contributed by atoms with Gasteiger partial charge in [0.2, 0.25) is 0 Å². The number of rotatable bonds is 3. The average molecular weight is 348 g/mol. The number of nitrogen functional groups attached to an aromatic ring is 1. The van der Waals surface area contributed by atoms with E-state index in [1.807, 2.05) is 22.8 Å². The molecule has 21 heavy (non-hydrogen) atoms. The molecule has 0 bridgehead atoms. The van der Waals surface area contributed by atoms with Gasteiger partial charge in [-0.3, -0.25) is 0 Å². The first kappa shape index (κ1) is 14.1. The van der Waals surface area contributed by atoms with Gasteiger partial charge in [-0.1, -0.05) is 22.9 Å². The van der Waals surface area contributed by atoms with Crippen LogP contribution in [-0.2, 0) is 6.54 Å². The van der Waals surface area contributed by atoms with Gasteiger partial charge in [-0.25, -0.2) is 9.37 Å². The number of halogens is 2. The van der Waals surface area contributed by atoms with Gasteiger partial charge in [0.15, 0.2) is 0 Å². The number of fused-ring (bicyclic) bond motifs is 1. The molecular weight excluding hydrogens is 333 g/mol. The quantitative estimate of drug-likeness (QED) is 0.703. The van der Waals surface area contributed by atoms with Crippen LogP contribution in [0.4, 0.5) is 10.1 Å². The minimum absolute atomic E-state index is 0.255. The minimum atomic E-state index is -0.255. The Balaban J connectivity index is 2.28. The Hall–Kier alpha value is -1.88.